The van der Waals surface area contributed by atoms with Crippen molar-refractivity contribution in [3.8, 4) is 0 Å². The summed E-state index contributed by atoms with van der Waals surface area (Å²) < 4.78 is 0. The molecule has 1 saturated heterocycles. The van der Waals surface area contributed by atoms with Crippen LogP contribution in [0, 0.1) is 10.1 Å². The number of nitro benzene ring substituents is 1. The Kier molecular flexibility index (Phi) is 4.86. The van der Waals surface area contributed by atoms with E-state index in [1.54, 1.807) is 12.1 Å². The standard InChI is InChI=1S/C18H19N3O3/c22-13-15-6-7-17(18(10-15)21(23)24)19-16-8-9-20(12-16)11-14-4-2-1-3-5-14/h1-7,10,13,16,19H,8-9,11-12H2/p+1/t16-/m0/s1. The third kappa shape index (κ3) is 3.78. The Morgan fingerprint density at radius 1 is 1.25 bits per heavy atom. The summed E-state index contributed by atoms with van der Waals surface area (Å²) >= 11 is 0. The number of nitrogens with zero attached hydrogens (tertiary/aromatic N) is 1. The Balaban J connectivity index is 1.65. The lowest BCUT2D eigenvalue weighted by Crippen LogP contribution is -3.09. The zero-order valence-corrected chi connectivity index (χ0v) is 13.3. The third-order valence-electron chi connectivity index (χ3n) is 4.39. The maximum Gasteiger partial charge on any atom is 0.293 e. The molecule has 124 valence electrons. The molecule has 6 nitrogen and oxygen atoms in total. The number of quaternary nitrogens is 1. The highest BCUT2D eigenvalue weighted by atomic mass is 16.6. The molecule has 1 heterocycles. The van der Waals surface area contributed by atoms with Crippen LogP contribution in [0.25, 0.3) is 0 Å². The van der Waals surface area contributed by atoms with Crippen molar-refractivity contribution in [1.29, 1.82) is 0 Å². The van der Waals surface area contributed by atoms with Crippen LogP contribution in [0.1, 0.15) is 22.3 Å². The second kappa shape index (κ2) is 7.23. The predicted octanol–water partition coefficient (Wildman–Crippen LogP) is 1.68. The fraction of sp³-hybridized carbons (Fsp3) is 0.278. The summed E-state index contributed by atoms with van der Waals surface area (Å²) in [4.78, 5) is 23.0. The average molecular weight is 326 g/mol. The number of rotatable bonds is 6. The lowest BCUT2D eigenvalue weighted by molar-refractivity contribution is -0.901. The molecule has 1 unspecified atom stereocenters. The molecule has 24 heavy (non-hydrogen) atoms. The minimum absolute atomic E-state index is 0.0453. The highest BCUT2D eigenvalue weighted by Gasteiger charge is 2.28. The van der Waals surface area contributed by atoms with E-state index in [4.69, 9.17) is 0 Å². The van der Waals surface area contributed by atoms with Gasteiger partial charge in [0.2, 0.25) is 0 Å². The molecule has 0 amide bonds. The summed E-state index contributed by atoms with van der Waals surface area (Å²) in [6.07, 6.45) is 1.59. The van der Waals surface area contributed by atoms with E-state index in [-0.39, 0.29) is 11.7 Å². The smallest absolute Gasteiger partial charge is 0.293 e. The SMILES string of the molecule is O=Cc1ccc(N[C@H]2CC[NH+](Cc3ccccc3)C2)c([N+](=O)[O-])c1. The van der Waals surface area contributed by atoms with Gasteiger partial charge in [-0.3, -0.25) is 14.9 Å². The van der Waals surface area contributed by atoms with Crippen LogP contribution in [0.15, 0.2) is 48.5 Å². The minimum atomic E-state index is -0.446. The number of benzene rings is 2. The molecule has 1 aliphatic heterocycles. The van der Waals surface area contributed by atoms with Gasteiger partial charge in [0.15, 0.2) is 0 Å². The maximum absolute atomic E-state index is 11.2. The van der Waals surface area contributed by atoms with Crippen molar-refractivity contribution < 1.29 is 14.6 Å². The van der Waals surface area contributed by atoms with Gasteiger partial charge >= 0.3 is 0 Å². The molecule has 0 radical (unpaired) electrons. The van der Waals surface area contributed by atoms with E-state index in [0.717, 1.165) is 26.1 Å². The van der Waals surface area contributed by atoms with Crippen LogP contribution in [0.4, 0.5) is 11.4 Å². The van der Waals surface area contributed by atoms with E-state index in [1.807, 2.05) is 18.2 Å². The van der Waals surface area contributed by atoms with E-state index < -0.39 is 4.92 Å². The number of anilines is 1. The largest absolute Gasteiger partial charge is 0.371 e. The molecule has 0 aromatic heterocycles. The molecule has 6 heteroatoms. The van der Waals surface area contributed by atoms with Gasteiger partial charge in [0.1, 0.15) is 18.5 Å². The van der Waals surface area contributed by atoms with Crippen molar-refractivity contribution in [2.45, 2.75) is 19.0 Å². The Morgan fingerprint density at radius 3 is 2.75 bits per heavy atom. The highest BCUT2D eigenvalue weighted by Crippen LogP contribution is 2.26. The first kappa shape index (κ1) is 16.1. The third-order valence-corrected chi connectivity index (χ3v) is 4.39. The zero-order valence-electron chi connectivity index (χ0n) is 13.3. The second-order valence-corrected chi connectivity index (χ2v) is 6.15. The minimum Gasteiger partial charge on any atom is -0.371 e. The Bertz CT molecular complexity index is 734. The van der Waals surface area contributed by atoms with Crippen LogP contribution in [0.3, 0.4) is 0 Å². The number of hydrogen-bond acceptors (Lipinski definition) is 4. The summed E-state index contributed by atoms with van der Waals surface area (Å²) in [6.45, 7) is 2.92. The maximum atomic E-state index is 11.2. The lowest BCUT2D eigenvalue weighted by atomic mass is 10.1. The van der Waals surface area contributed by atoms with Gasteiger partial charge in [-0.1, -0.05) is 30.3 Å². The average Bonchev–Trinajstić information content (AvgIpc) is 3.03. The van der Waals surface area contributed by atoms with Crippen LogP contribution >= 0.6 is 0 Å². The fourth-order valence-electron chi connectivity index (χ4n) is 3.21. The fourth-order valence-corrected chi connectivity index (χ4v) is 3.21. The number of likely N-dealkylation sites (tertiary alicyclic amines) is 1. The number of carbonyl (C=O) groups excluding carboxylic acids is 1. The Labute approximate surface area is 140 Å². The summed E-state index contributed by atoms with van der Waals surface area (Å²) in [5, 5.41) is 14.5. The predicted molar refractivity (Wildman–Crippen MR) is 91.4 cm³/mol. The van der Waals surface area contributed by atoms with Gasteiger partial charge in [0.05, 0.1) is 24.1 Å². The molecule has 0 bridgehead atoms. The van der Waals surface area contributed by atoms with Crippen LogP contribution in [-0.4, -0.2) is 30.3 Å². The first-order valence-corrected chi connectivity index (χ1v) is 8.03. The quantitative estimate of drug-likeness (QED) is 0.481. The molecule has 0 aliphatic carbocycles. The molecule has 2 aromatic carbocycles. The number of carbonyl (C=O) groups is 1. The van der Waals surface area contributed by atoms with Crippen molar-refractivity contribution in [2.24, 2.45) is 0 Å². The van der Waals surface area contributed by atoms with Crippen molar-refractivity contribution in [3.05, 3.63) is 69.8 Å². The van der Waals surface area contributed by atoms with Crippen molar-refractivity contribution in [3.63, 3.8) is 0 Å². The monoisotopic (exact) mass is 326 g/mol. The van der Waals surface area contributed by atoms with E-state index in [0.29, 0.717) is 17.5 Å². The molecule has 2 atom stereocenters. The van der Waals surface area contributed by atoms with Crippen LogP contribution in [0.5, 0.6) is 0 Å². The molecule has 3 rings (SSSR count). The highest BCUT2D eigenvalue weighted by molar-refractivity contribution is 5.79. The van der Waals surface area contributed by atoms with Gasteiger partial charge in [0.25, 0.3) is 5.69 Å². The summed E-state index contributed by atoms with van der Waals surface area (Å²) in [5.41, 5.74) is 2.05. The van der Waals surface area contributed by atoms with Crippen LogP contribution in [0.2, 0.25) is 0 Å². The molecule has 2 aromatic rings. The molecule has 0 spiro atoms. The second-order valence-electron chi connectivity index (χ2n) is 6.15. The van der Waals surface area contributed by atoms with Gasteiger partial charge in [-0.25, -0.2) is 0 Å². The zero-order chi connectivity index (χ0) is 16.9. The van der Waals surface area contributed by atoms with Crippen LogP contribution < -0.4 is 10.2 Å². The molecule has 0 saturated carbocycles. The van der Waals surface area contributed by atoms with Gasteiger partial charge in [-0.2, -0.15) is 0 Å². The first-order chi connectivity index (χ1) is 11.7. The lowest BCUT2D eigenvalue weighted by Gasteiger charge is -2.15. The number of nitrogens with one attached hydrogen (secondary N) is 2. The van der Waals surface area contributed by atoms with Crippen molar-refractivity contribution in [2.75, 3.05) is 18.4 Å². The molecule has 2 N–H and O–H groups in total. The van der Waals surface area contributed by atoms with Gasteiger partial charge in [0, 0.05) is 23.6 Å². The topological polar surface area (TPSA) is 76.7 Å². The van der Waals surface area contributed by atoms with Crippen molar-refractivity contribution >= 4 is 17.7 Å². The molecule has 1 fully saturated rings. The molecular weight excluding hydrogens is 306 g/mol. The van der Waals surface area contributed by atoms with Gasteiger partial charge < -0.3 is 10.2 Å². The number of hydrogen-bond donors (Lipinski definition) is 2. The Hall–Kier alpha value is -2.73. The summed E-state index contributed by atoms with van der Waals surface area (Å²) in [5.74, 6) is 0. The normalized spacial score (nSPS) is 19.8. The summed E-state index contributed by atoms with van der Waals surface area (Å²) in [6, 6.07) is 15.1. The van der Waals surface area contributed by atoms with E-state index in [2.05, 4.69) is 17.4 Å². The van der Waals surface area contributed by atoms with E-state index >= 15 is 0 Å². The Morgan fingerprint density at radius 2 is 2.04 bits per heavy atom. The molecular formula is C18H20N3O3+. The van der Waals surface area contributed by atoms with Crippen LogP contribution in [-0.2, 0) is 6.54 Å². The van der Waals surface area contributed by atoms with Gasteiger partial charge in [-0.05, 0) is 12.1 Å². The van der Waals surface area contributed by atoms with Gasteiger partial charge in [-0.15, -0.1) is 0 Å². The number of aldehydes is 1. The number of nitro groups is 1. The molecule has 1 aliphatic rings. The first-order valence-electron chi connectivity index (χ1n) is 8.03. The van der Waals surface area contributed by atoms with E-state index in [1.165, 1.54) is 16.5 Å². The van der Waals surface area contributed by atoms with Crippen molar-refractivity contribution in [1.82, 2.24) is 0 Å². The summed E-state index contributed by atoms with van der Waals surface area (Å²) in [7, 11) is 0. The van der Waals surface area contributed by atoms with E-state index in [9.17, 15) is 14.9 Å².